The van der Waals surface area contributed by atoms with Crippen molar-refractivity contribution < 1.29 is 14.3 Å². The fourth-order valence-electron chi connectivity index (χ4n) is 1.40. The van der Waals surface area contributed by atoms with Gasteiger partial charge >= 0.3 is 6.03 Å². The smallest absolute Gasteiger partial charge is 0.319 e. The molecule has 1 rings (SSSR count). The van der Waals surface area contributed by atoms with E-state index >= 15 is 0 Å². The van der Waals surface area contributed by atoms with Crippen LogP contribution in [0.3, 0.4) is 0 Å². The first kappa shape index (κ1) is 14.7. The van der Waals surface area contributed by atoms with E-state index in [0.717, 1.165) is 12.5 Å². The topological polar surface area (TPSA) is 61.4 Å². The van der Waals surface area contributed by atoms with Gasteiger partial charge in [-0.05, 0) is 24.6 Å². The average Bonchev–Trinajstić information content (AvgIpc) is 2.31. The Hall–Kier alpha value is -1.33. The number of hydrogen-bond acceptors (Lipinski definition) is 2. The fourth-order valence-corrected chi connectivity index (χ4v) is 1.56. The summed E-state index contributed by atoms with van der Waals surface area (Å²) in [6.07, 6.45) is 0.849. The Morgan fingerprint density at radius 2 is 2.28 bits per heavy atom. The number of hydrogen-bond donors (Lipinski definition) is 3. The molecule has 0 fully saturated rings. The van der Waals surface area contributed by atoms with Gasteiger partial charge in [0.15, 0.2) is 0 Å². The zero-order valence-electron chi connectivity index (χ0n) is 10.0. The molecule has 0 saturated carbocycles. The summed E-state index contributed by atoms with van der Waals surface area (Å²) in [6, 6.07) is 3.40. The molecule has 4 nitrogen and oxygen atoms in total. The Bertz CT molecular complexity index is 415. The number of carbonyl (C=O) groups is 1. The highest BCUT2D eigenvalue weighted by atomic mass is 35.5. The summed E-state index contributed by atoms with van der Waals surface area (Å²) in [4.78, 5) is 11.4. The molecule has 0 heterocycles. The summed E-state index contributed by atoms with van der Waals surface area (Å²) < 4.78 is 13.4. The van der Waals surface area contributed by atoms with Crippen molar-refractivity contribution >= 4 is 23.3 Å². The summed E-state index contributed by atoms with van der Waals surface area (Å²) in [7, 11) is 0. The van der Waals surface area contributed by atoms with Gasteiger partial charge in [-0.1, -0.05) is 24.9 Å². The molecule has 18 heavy (non-hydrogen) atoms. The van der Waals surface area contributed by atoms with Crippen molar-refractivity contribution in [3.63, 3.8) is 0 Å². The first-order chi connectivity index (χ1) is 8.52. The summed E-state index contributed by atoms with van der Waals surface area (Å²) in [5.74, 6) is -0.605. The zero-order valence-corrected chi connectivity index (χ0v) is 10.8. The molecule has 0 bridgehead atoms. The van der Waals surface area contributed by atoms with Crippen LogP contribution in [0.4, 0.5) is 14.9 Å². The minimum atomic E-state index is -0.605. The van der Waals surface area contributed by atoms with Gasteiger partial charge in [-0.2, -0.15) is 0 Å². The molecule has 1 atom stereocenters. The number of rotatable bonds is 5. The van der Waals surface area contributed by atoms with Crippen molar-refractivity contribution in [2.75, 3.05) is 11.9 Å². The van der Waals surface area contributed by atoms with Gasteiger partial charge in [0.1, 0.15) is 5.82 Å². The van der Waals surface area contributed by atoms with Crippen molar-refractivity contribution in [3.05, 3.63) is 29.0 Å². The maximum absolute atomic E-state index is 13.4. The van der Waals surface area contributed by atoms with Gasteiger partial charge < -0.3 is 15.7 Å². The lowest BCUT2D eigenvalue weighted by molar-refractivity contribution is 0.162. The Morgan fingerprint density at radius 1 is 1.56 bits per heavy atom. The molecule has 100 valence electrons. The predicted molar refractivity (Wildman–Crippen MR) is 69.3 cm³/mol. The Balaban J connectivity index is 2.44. The van der Waals surface area contributed by atoms with E-state index in [0.29, 0.717) is 6.42 Å². The van der Waals surface area contributed by atoms with Crippen LogP contribution in [0.1, 0.15) is 19.8 Å². The molecule has 0 aromatic heterocycles. The monoisotopic (exact) mass is 274 g/mol. The van der Waals surface area contributed by atoms with Gasteiger partial charge in [-0.25, -0.2) is 9.18 Å². The van der Waals surface area contributed by atoms with Gasteiger partial charge in [0, 0.05) is 11.6 Å². The van der Waals surface area contributed by atoms with Crippen LogP contribution >= 0.6 is 11.6 Å². The van der Waals surface area contributed by atoms with Crippen LogP contribution in [-0.4, -0.2) is 23.8 Å². The first-order valence-corrected chi connectivity index (χ1v) is 6.08. The quantitative estimate of drug-likeness (QED) is 0.773. The highest BCUT2D eigenvalue weighted by Gasteiger charge is 2.09. The van der Waals surface area contributed by atoms with Crippen LogP contribution in [0.5, 0.6) is 0 Å². The molecule has 2 amide bonds. The van der Waals surface area contributed by atoms with Crippen molar-refractivity contribution in [3.8, 4) is 0 Å². The summed E-state index contributed by atoms with van der Waals surface area (Å²) >= 11 is 5.59. The van der Waals surface area contributed by atoms with Gasteiger partial charge in [-0.15, -0.1) is 0 Å². The van der Waals surface area contributed by atoms with Gasteiger partial charge in [0.05, 0.1) is 11.8 Å². The minimum absolute atomic E-state index is 0.0434. The van der Waals surface area contributed by atoms with Crippen LogP contribution in [0.25, 0.3) is 0 Å². The Labute approximate surface area is 110 Å². The number of anilines is 1. The molecular formula is C12H16ClFN2O2. The summed E-state index contributed by atoms with van der Waals surface area (Å²) in [5, 5.41) is 14.5. The summed E-state index contributed by atoms with van der Waals surface area (Å²) in [6.45, 7) is 2.07. The molecule has 6 heteroatoms. The van der Waals surface area contributed by atoms with Crippen molar-refractivity contribution in [1.29, 1.82) is 0 Å². The molecule has 0 aliphatic rings. The molecule has 0 aliphatic carbocycles. The minimum Gasteiger partial charge on any atom is -0.391 e. The average molecular weight is 275 g/mol. The predicted octanol–water partition coefficient (Wildman–Crippen LogP) is 2.76. The van der Waals surface area contributed by atoms with E-state index in [4.69, 9.17) is 11.6 Å². The highest BCUT2D eigenvalue weighted by Crippen LogP contribution is 2.18. The number of nitrogens with one attached hydrogen (secondary N) is 2. The number of urea groups is 1. The van der Waals surface area contributed by atoms with Crippen LogP contribution < -0.4 is 10.6 Å². The van der Waals surface area contributed by atoms with Gasteiger partial charge in [0.2, 0.25) is 0 Å². The van der Waals surface area contributed by atoms with E-state index in [9.17, 15) is 14.3 Å². The second kappa shape index (κ2) is 7.18. The Morgan fingerprint density at radius 3 is 2.89 bits per heavy atom. The summed E-state index contributed by atoms with van der Waals surface area (Å²) in [5.41, 5.74) is 0.0434. The van der Waals surface area contributed by atoms with Crippen LogP contribution in [0.2, 0.25) is 5.02 Å². The van der Waals surface area contributed by atoms with E-state index in [2.05, 4.69) is 10.6 Å². The first-order valence-electron chi connectivity index (χ1n) is 5.71. The standard InChI is InChI=1S/C12H16ClFN2O2/c1-2-3-9(17)7-15-12(18)16-11-5-4-8(13)6-10(11)14/h4-6,9,17H,2-3,7H2,1H3,(H2,15,16,18). The number of amides is 2. The molecule has 1 aromatic rings. The number of carbonyl (C=O) groups excluding carboxylic acids is 1. The second-order valence-corrected chi connectivity index (χ2v) is 4.34. The molecule has 1 aromatic carbocycles. The molecule has 3 N–H and O–H groups in total. The van der Waals surface area contributed by atoms with Crippen LogP contribution in [0, 0.1) is 5.82 Å². The van der Waals surface area contributed by atoms with E-state index in [1.807, 2.05) is 6.92 Å². The normalized spacial score (nSPS) is 12.0. The number of benzene rings is 1. The van der Waals surface area contributed by atoms with Crippen LogP contribution in [0.15, 0.2) is 18.2 Å². The van der Waals surface area contributed by atoms with Crippen LogP contribution in [-0.2, 0) is 0 Å². The highest BCUT2D eigenvalue weighted by molar-refractivity contribution is 6.30. The maximum Gasteiger partial charge on any atom is 0.319 e. The molecular weight excluding hydrogens is 259 g/mol. The molecule has 0 saturated heterocycles. The molecule has 0 radical (unpaired) electrons. The molecule has 0 aliphatic heterocycles. The third-order valence-electron chi connectivity index (χ3n) is 2.30. The molecule has 0 spiro atoms. The van der Waals surface area contributed by atoms with E-state index in [-0.39, 0.29) is 17.3 Å². The lowest BCUT2D eigenvalue weighted by Gasteiger charge is -2.12. The largest absolute Gasteiger partial charge is 0.391 e. The lowest BCUT2D eigenvalue weighted by atomic mass is 10.2. The molecule has 1 unspecified atom stereocenters. The fraction of sp³-hybridized carbons (Fsp3) is 0.417. The zero-order chi connectivity index (χ0) is 13.5. The number of halogens is 2. The number of aliphatic hydroxyl groups is 1. The van der Waals surface area contributed by atoms with Gasteiger partial charge in [-0.3, -0.25) is 0 Å². The lowest BCUT2D eigenvalue weighted by Crippen LogP contribution is -2.35. The van der Waals surface area contributed by atoms with E-state index in [1.165, 1.54) is 12.1 Å². The van der Waals surface area contributed by atoms with Crippen molar-refractivity contribution in [2.45, 2.75) is 25.9 Å². The van der Waals surface area contributed by atoms with E-state index in [1.54, 1.807) is 0 Å². The van der Waals surface area contributed by atoms with Crippen molar-refractivity contribution in [1.82, 2.24) is 5.32 Å². The SMILES string of the molecule is CCCC(O)CNC(=O)Nc1ccc(Cl)cc1F. The second-order valence-electron chi connectivity index (χ2n) is 3.90. The van der Waals surface area contributed by atoms with E-state index < -0.39 is 18.0 Å². The Kier molecular flexibility index (Phi) is 5.88. The van der Waals surface area contributed by atoms with Gasteiger partial charge in [0.25, 0.3) is 0 Å². The third kappa shape index (κ3) is 4.89. The number of aliphatic hydroxyl groups excluding tert-OH is 1. The van der Waals surface area contributed by atoms with Crippen molar-refractivity contribution in [2.24, 2.45) is 0 Å². The maximum atomic E-state index is 13.4. The third-order valence-corrected chi connectivity index (χ3v) is 2.53.